The number of pyridine rings is 1. The van der Waals surface area contributed by atoms with E-state index in [0.717, 1.165) is 5.56 Å². The number of esters is 1. The molecule has 108 valence electrons. The first kappa shape index (κ1) is 14.5. The molecule has 21 heavy (non-hydrogen) atoms. The second-order valence-electron chi connectivity index (χ2n) is 4.09. The van der Waals surface area contributed by atoms with Gasteiger partial charge in [-0.25, -0.2) is 4.79 Å². The standard InChI is InChI=1S/C15H14N2O4/c1-20-15(18)14(17-19)13-8-7-12(9-16-13)21-10-11-5-3-2-4-6-11/h2-9,19H,10H2,1H3/b17-14+. The van der Waals surface area contributed by atoms with E-state index in [9.17, 15) is 4.79 Å². The van der Waals surface area contributed by atoms with Crippen LogP contribution in [0, 0.1) is 0 Å². The van der Waals surface area contributed by atoms with Crippen molar-refractivity contribution in [2.45, 2.75) is 6.61 Å². The van der Waals surface area contributed by atoms with E-state index in [4.69, 9.17) is 9.94 Å². The molecule has 0 aliphatic heterocycles. The maximum atomic E-state index is 11.4. The van der Waals surface area contributed by atoms with E-state index < -0.39 is 5.97 Å². The molecule has 2 aromatic rings. The van der Waals surface area contributed by atoms with Gasteiger partial charge in [-0.15, -0.1) is 0 Å². The molecular formula is C15H14N2O4. The molecule has 0 spiro atoms. The Bertz CT molecular complexity index is 624. The average Bonchev–Trinajstić information content (AvgIpc) is 2.55. The van der Waals surface area contributed by atoms with Crippen LogP contribution >= 0.6 is 0 Å². The summed E-state index contributed by atoms with van der Waals surface area (Å²) in [7, 11) is 1.20. The van der Waals surface area contributed by atoms with Crippen molar-refractivity contribution in [3.05, 3.63) is 59.9 Å². The van der Waals surface area contributed by atoms with Crippen LogP contribution in [0.25, 0.3) is 0 Å². The van der Waals surface area contributed by atoms with E-state index in [2.05, 4.69) is 14.9 Å². The Morgan fingerprint density at radius 3 is 2.57 bits per heavy atom. The van der Waals surface area contributed by atoms with Gasteiger partial charge in [0.2, 0.25) is 5.71 Å². The Kier molecular flexibility index (Phi) is 4.87. The fourth-order valence-electron chi connectivity index (χ4n) is 1.64. The monoisotopic (exact) mass is 286 g/mol. The average molecular weight is 286 g/mol. The largest absolute Gasteiger partial charge is 0.487 e. The fourth-order valence-corrected chi connectivity index (χ4v) is 1.64. The first-order valence-electron chi connectivity index (χ1n) is 6.18. The summed E-state index contributed by atoms with van der Waals surface area (Å²) in [4.78, 5) is 15.4. The lowest BCUT2D eigenvalue weighted by Crippen LogP contribution is -2.18. The number of aromatic nitrogens is 1. The molecule has 0 amide bonds. The molecule has 0 fully saturated rings. The molecule has 0 saturated carbocycles. The summed E-state index contributed by atoms with van der Waals surface area (Å²) in [6.07, 6.45) is 1.45. The SMILES string of the molecule is COC(=O)/C(=N/O)c1ccc(OCc2ccccc2)cn1. The van der Waals surface area contributed by atoms with Crippen LogP contribution in [-0.2, 0) is 16.1 Å². The molecular weight excluding hydrogens is 272 g/mol. The van der Waals surface area contributed by atoms with Crippen LogP contribution in [-0.4, -0.2) is 29.0 Å². The van der Waals surface area contributed by atoms with Crippen molar-refractivity contribution in [2.75, 3.05) is 7.11 Å². The number of carbonyl (C=O) groups is 1. The predicted octanol–water partition coefficient (Wildman–Crippen LogP) is 2.01. The van der Waals surface area contributed by atoms with Crippen LogP contribution in [0.4, 0.5) is 0 Å². The van der Waals surface area contributed by atoms with Gasteiger partial charge in [-0.05, 0) is 17.7 Å². The highest BCUT2D eigenvalue weighted by Crippen LogP contribution is 2.12. The third kappa shape index (κ3) is 3.79. The minimum Gasteiger partial charge on any atom is -0.487 e. The Morgan fingerprint density at radius 2 is 2.00 bits per heavy atom. The van der Waals surface area contributed by atoms with Gasteiger partial charge in [0.25, 0.3) is 0 Å². The second-order valence-corrected chi connectivity index (χ2v) is 4.09. The van der Waals surface area contributed by atoms with E-state index in [1.807, 2.05) is 30.3 Å². The minimum absolute atomic E-state index is 0.205. The van der Waals surface area contributed by atoms with Crippen LogP contribution < -0.4 is 4.74 Å². The molecule has 0 radical (unpaired) electrons. The number of methoxy groups -OCH3 is 1. The zero-order valence-corrected chi connectivity index (χ0v) is 11.4. The Balaban J connectivity index is 2.04. The fraction of sp³-hybridized carbons (Fsp3) is 0.133. The smallest absolute Gasteiger partial charge is 0.362 e. The Morgan fingerprint density at radius 1 is 1.24 bits per heavy atom. The van der Waals surface area contributed by atoms with E-state index in [1.165, 1.54) is 19.4 Å². The van der Waals surface area contributed by atoms with Gasteiger partial charge in [0, 0.05) is 0 Å². The molecule has 1 N–H and O–H groups in total. The van der Waals surface area contributed by atoms with Crippen molar-refractivity contribution in [2.24, 2.45) is 5.16 Å². The van der Waals surface area contributed by atoms with E-state index in [0.29, 0.717) is 12.4 Å². The molecule has 0 aliphatic carbocycles. The topological polar surface area (TPSA) is 81.0 Å². The lowest BCUT2D eigenvalue weighted by atomic mass is 10.2. The summed E-state index contributed by atoms with van der Waals surface area (Å²) in [5.41, 5.74) is 0.984. The van der Waals surface area contributed by atoms with E-state index in [-0.39, 0.29) is 11.4 Å². The van der Waals surface area contributed by atoms with Crippen LogP contribution in [0.15, 0.2) is 53.8 Å². The molecule has 6 nitrogen and oxygen atoms in total. The molecule has 0 saturated heterocycles. The van der Waals surface area contributed by atoms with Crippen molar-refractivity contribution < 1.29 is 19.5 Å². The Labute approximate surface area is 121 Å². The Hall–Kier alpha value is -2.89. The lowest BCUT2D eigenvalue weighted by Gasteiger charge is -2.07. The van der Waals surface area contributed by atoms with Crippen LogP contribution in [0.5, 0.6) is 5.75 Å². The van der Waals surface area contributed by atoms with Gasteiger partial charge in [-0.1, -0.05) is 35.5 Å². The third-order valence-corrected chi connectivity index (χ3v) is 2.71. The maximum absolute atomic E-state index is 11.4. The number of hydrogen-bond acceptors (Lipinski definition) is 6. The second kappa shape index (κ2) is 7.04. The molecule has 1 aromatic heterocycles. The van der Waals surface area contributed by atoms with Crippen molar-refractivity contribution >= 4 is 11.7 Å². The first-order valence-corrected chi connectivity index (χ1v) is 6.18. The molecule has 1 heterocycles. The van der Waals surface area contributed by atoms with Gasteiger partial charge < -0.3 is 14.7 Å². The van der Waals surface area contributed by atoms with E-state index >= 15 is 0 Å². The molecule has 0 unspecified atom stereocenters. The number of ether oxygens (including phenoxy) is 2. The van der Waals surface area contributed by atoms with E-state index in [1.54, 1.807) is 6.07 Å². The summed E-state index contributed by atoms with van der Waals surface area (Å²) < 4.78 is 10.1. The predicted molar refractivity (Wildman–Crippen MR) is 75.4 cm³/mol. The number of benzene rings is 1. The molecule has 0 bridgehead atoms. The number of carbonyl (C=O) groups excluding carboxylic acids is 1. The molecule has 1 aromatic carbocycles. The molecule has 2 rings (SSSR count). The number of hydrogen-bond donors (Lipinski definition) is 1. The van der Waals surface area contributed by atoms with Crippen molar-refractivity contribution in [3.8, 4) is 5.75 Å². The maximum Gasteiger partial charge on any atom is 0.362 e. The first-order chi connectivity index (χ1) is 10.2. The van der Waals surface area contributed by atoms with Crippen LogP contribution in [0.3, 0.4) is 0 Å². The molecule has 0 atom stereocenters. The van der Waals surface area contributed by atoms with Crippen LogP contribution in [0.1, 0.15) is 11.3 Å². The zero-order valence-electron chi connectivity index (χ0n) is 11.4. The summed E-state index contributed by atoms with van der Waals surface area (Å²) in [5.74, 6) is -0.215. The lowest BCUT2D eigenvalue weighted by molar-refractivity contribution is -0.132. The highest BCUT2D eigenvalue weighted by molar-refractivity contribution is 6.42. The van der Waals surface area contributed by atoms with Gasteiger partial charge in [0.15, 0.2) is 0 Å². The molecule has 6 heteroatoms. The third-order valence-electron chi connectivity index (χ3n) is 2.71. The normalized spacial score (nSPS) is 11.0. The van der Waals surface area contributed by atoms with Crippen molar-refractivity contribution in [1.82, 2.24) is 4.98 Å². The highest BCUT2D eigenvalue weighted by atomic mass is 16.5. The van der Waals surface area contributed by atoms with Gasteiger partial charge in [0.1, 0.15) is 12.4 Å². The summed E-state index contributed by atoms with van der Waals surface area (Å²) in [5, 5.41) is 11.7. The van der Waals surface area contributed by atoms with Gasteiger partial charge in [0.05, 0.1) is 19.0 Å². The summed E-state index contributed by atoms with van der Waals surface area (Å²) in [6.45, 7) is 0.416. The summed E-state index contributed by atoms with van der Waals surface area (Å²) in [6, 6.07) is 12.9. The van der Waals surface area contributed by atoms with Crippen molar-refractivity contribution in [1.29, 1.82) is 0 Å². The van der Waals surface area contributed by atoms with Gasteiger partial charge in [-0.2, -0.15) is 0 Å². The number of rotatable bonds is 5. The number of nitrogens with zero attached hydrogens (tertiary/aromatic N) is 2. The zero-order chi connectivity index (χ0) is 15.1. The van der Waals surface area contributed by atoms with Crippen molar-refractivity contribution in [3.63, 3.8) is 0 Å². The van der Waals surface area contributed by atoms with Crippen LogP contribution in [0.2, 0.25) is 0 Å². The molecule has 0 aliphatic rings. The highest BCUT2D eigenvalue weighted by Gasteiger charge is 2.16. The van der Waals surface area contributed by atoms with Gasteiger partial charge >= 0.3 is 5.97 Å². The number of oxime groups is 1. The summed E-state index contributed by atoms with van der Waals surface area (Å²) >= 11 is 0. The van der Waals surface area contributed by atoms with Gasteiger partial charge in [-0.3, -0.25) is 4.98 Å². The quantitative estimate of drug-likeness (QED) is 0.393. The minimum atomic E-state index is -0.761.